The highest BCUT2D eigenvalue weighted by atomic mass is 15.2. The molecule has 1 aliphatic rings. The van der Waals surface area contributed by atoms with Crippen LogP contribution >= 0.6 is 0 Å². The number of hydrogen-bond acceptors (Lipinski definition) is 4. The van der Waals surface area contributed by atoms with Crippen molar-refractivity contribution in [1.29, 1.82) is 5.41 Å². The molecule has 0 saturated heterocycles. The van der Waals surface area contributed by atoms with Gasteiger partial charge in [-0.3, -0.25) is 15.4 Å². The van der Waals surface area contributed by atoms with E-state index in [2.05, 4.69) is 74.7 Å². The molecule has 7 heteroatoms. The average Bonchev–Trinajstić information content (AvgIpc) is 3.11. The van der Waals surface area contributed by atoms with E-state index in [0.717, 1.165) is 68.0 Å². The average molecular weight is 458 g/mol. The molecule has 0 saturated carbocycles. The highest BCUT2D eigenvalue weighted by Crippen LogP contribution is 2.12. The van der Waals surface area contributed by atoms with E-state index in [9.17, 15) is 0 Å². The van der Waals surface area contributed by atoms with Crippen molar-refractivity contribution in [3.05, 3.63) is 87.8 Å². The first-order chi connectivity index (χ1) is 16.5. The summed E-state index contributed by atoms with van der Waals surface area (Å²) in [6, 6.07) is 16.7. The maximum Gasteiger partial charge on any atom is 0.205 e. The molecule has 7 nitrogen and oxygen atoms in total. The van der Waals surface area contributed by atoms with Gasteiger partial charge in [-0.2, -0.15) is 0 Å². The van der Waals surface area contributed by atoms with Crippen LogP contribution in [0.25, 0.3) is 0 Å². The highest BCUT2D eigenvalue weighted by molar-refractivity contribution is 5.99. The largest absolute Gasteiger partial charge is 0.384 e. The number of aryl methyl sites for hydroxylation is 2. The summed E-state index contributed by atoms with van der Waals surface area (Å²) in [5.74, 6) is 1.12. The number of aliphatic imine (C=N–C) groups is 1. The van der Waals surface area contributed by atoms with Gasteiger partial charge in [0.25, 0.3) is 0 Å². The zero-order valence-corrected chi connectivity index (χ0v) is 20.4. The summed E-state index contributed by atoms with van der Waals surface area (Å²) in [7, 11) is 1.87. The standard InChI is InChI=1S/C27H35N7/c1-19-20(2)34(18-14-22-7-11-24(12-8-22)26-31-15-4-16-32-26)27(30-3)33(19)17-13-21-5-9-23(10-6-21)25(28)29/h5-12H,4,13-18H2,1-3H3,(H3,28,29)(H,31,32). The Labute approximate surface area is 201 Å². The predicted octanol–water partition coefficient (Wildman–Crippen LogP) is 2.95. The topological polar surface area (TPSA) is 96.5 Å². The van der Waals surface area contributed by atoms with Gasteiger partial charge in [0.05, 0.1) is 0 Å². The molecule has 0 bridgehead atoms. The van der Waals surface area contributed by atoms with E-state index in [1.54, 1.807) is 0 Å². The van der Waals surface area contributed by atoms with Crippen molar-refractivity contribution < 1.29 is 0 Å². The second kappa shape index (κ2) is 10.5. The van der Waals surface area contributed by atoms with Crippen LogP contribution in [0.5, 0.6) is 0 Å². The molecule has 2 aromatic carbocycles. The molecule has 0 spiro atoms. The Morgan fingerprint density at radius 1 is 0.971 bits per heavy atom. The summed E-state index contributed by atoms with van der Waals surface area (Å²) in [6.07, 6.45) is 2.95. The smallest absolute Gasteiger partial charge is 0.205 e. The lowest BCUT2D eigenvalue weighted by Crippen LogP contribution is -2.30. The van der Waals surface area contributed by atoms with Crippen molar-refractivity contribution in [2.45, 2.75) is 46.2 Å². The van der Waals surface area contributed by atoms with Gasteiger partial charge in [0.15, 0.2) is 0 Å². The van der Waals surface area contributed by atoms with Crippen LogP contribution < -0.4 is 16.7 Å². The molecule has 2 heterocycles. The molecular weight excluding hydrogens is 422 g/mol. The fourth-order valence-electron chi connectivity index (χ4n) is 4.50. The summed E-state index contributed by atoms with van der Waals surface area (Å²) in [5.41, 5.74) is 13.5. The third kappa shape index (κ3) is 5.14. The van der Waals surface area contributed by atoms with Crippen molar-refractivity contribution in [3.8, 4) is 0 Å². The van der Waals surface area contributed by atoms with Crippen molar-refractivity contribution in [2.24, 2.45) is 15.7 Å². The first-order valence-electron chi connectivity index (χ1n) is 12.0. The van der Waals surface area contributed by atoms with Crippen molar-refractivity contribution in [1.82, 2.24) is 14.5 Å². The third-order valence-corrected chi connectivity index (χ3v) is 6.65. The number of aromatic nitrogens is 2. The van der Waals surface area contributed by atoms with Gasteiger partial charge in [0.1, 0.15) is 11.7 Å². The molecule has 0 fully saturated rings. The summed E-state index contributed by atoms with van der Waals surface area (Å²) < 4.78 is 4.64. The Morgan fingerprint density at radius 2 is 1.53 bits per heavy atom. The van der Waals surface area contributed by atoms with Crippen LogP contribution in [-0.2, 0) is 25.9 Å². The Kier molecular flexibility index (Phi) is 7.30. The van der Waals surface area contributed by atoms with Gasteiger partial charge in [-0.05, 0) is 44.2 Å². The fraction of sp³-hybridized carbons (Fsp3) is 0.370. The molecular formula is C27H35N7. The van der Waals surface area contributed by atoms with Gasteiger partial charge in [0, 0.05) is 55.7 Å². The third-order valence-electron chi connectivity index (χ3n) is 6.65. The lowest BCUT2D eigenvalue weighted by atomic mass is 10.1. The highest BCUT2D eigenvalue weighted by Gasteiger charge is 2.13. The van der Waals surface area contributed by atoms with Crippen LogP contribution in [0.4, 0.5) is 0 Å². The second-order valence-electron chi connectivity index (χ2n) is 8.82. The van der Waals surface area contributed by atoms with Crippen molar-refractivity contribution in [2.75, 3.05) is 20.1 Å². The molecule has 0 aliphatic carbocycles. The molecule has 3 aromatic rings. The number of amidine groups is 2. The minimum atomic E-state index is 0.102. The van der Waals surface area contributed by atoms with Gasteiger partial charge in [-0.1, -0.05) is 48.5 Å². The van der Waals surface area contributed by atoms with Crippen LogP contribution in [0.1, 0.15) is 40.1 Å². The molecule has 34 heavy (non-hydrogen) atoms. The summed E-state index contributed by atoms with van der Waals surface area (Å²) in [6.45, 7) is 8.00. The monoisotopic (exact) mass is 457 g/mol. The number of benzene rings is 2. The summed E-state index contributed by atoms with van der Waals surface area (Å²) >= 11 is 0. The van der Waals surface area contributed by atoms with Crippen LogP contribution in [0.3, 0.4) is 0 Å². The molecule has 0 amide bonds. The van der Waals surface area contributed by atoms with Gasteiger partial charge in [-0.15, -0.1) is 0 Å². The Morgan fingerprint density at radius 3 is 2.00 bits per heavy atom. The molecule has 1 aromatic heterocycles. The van der Waals surface area contributed by atoms with E-state index in [1.807, 2.05) is 19.2 Å². The maximum absolute atomic E-state index is 7.56. The maximum atomic E-state index is 7.56. The number of rotatable bonds is 8. The van der Waals surface area contributed by atoms with Gasteiger partial charge in [0.2, 0.25) is 5.62 Å². The number of nitrogens with one attached hydrogen (secondary N) is 2. The predicted molar refractivity (Wildman–Crippen MR) is 139 cm³/mol. The van der Waals surface area contributed by atoms with Crippen molar-refractivity contribution in [3.63, 3.8) is 0 Å². The number of nitrogens with two attached hydrogens (primary N) is 1. The van der Waals surface area contributed by atoms with Crippen LogP contribution in [-0.4, -0.2) is 40.9 Å². The van der Waals surface area contributed by atoms with Crippen molar-refractivity contribution >= 4 is 11.7 Å². The van der Waals surface area contributed by atoms with E-state index < -0.39 is 0 Å². The normalized spacial score (nSPS) is 14.1. The number of nitrogens with zero attached hydrogens (tertiary/aromatic N) is 4. The summed E-state index contributed by atoms with van der Waals surface area (Å²) in [4.78, 5) is 9.24. The SMILES string of the molecule is CN=c1n(CCc2ccc(C(=N)N)cc2)c(C)c(C)n1CCc1ccc(C2=NCCCN2)cc1. The van der Waals surface area contributed by atoms with E-state index >= 15 is 0 Å². The minimum absolute atomic E-state index is 0.102. The second-order valence-corrected chi connectivity index (χ2v) is 8.82. The molecule has 0 radical (unpaired) electrons. The van der Waals surface area contributed by atoms with E-state index in [-0.39, 0.29) is 5.84 Å². The molecule has 0 atom stereocenters. The molecule has 178 valence electrons. The Balaban J connectivity index is 1.46. The van der Waals surface area contributed by atoms with Gasteiger partial charge < -0.3 is 20.2 Å². The van der Waals surface area contributed by atoms with E-state index in [4.69, 9.17) is 11.1 Å². The quantitative estimate of drug-likeness (QED) is 0.358. The van der Waals surface area contributed by atoms with Crippen LogP contribution in [0.15, 0.2) is 58.5 Å². The lowest BCUT2D eigenvalue weighted by molar-refractivity contribution is 0.581. The molecule has 4 N–H and O–H groups in total. The number of imidazole rings is 1. The summed E-state index contributed by atoms with van der Waals surface area (Å²) in [5, 5.41) is 11.0. The Hall–Kier alpha value is -3.61. The van der Waals surface area contributed by atoms with E-state index in [0.29, 0.717) is 0 Å². The fourth-order valence-corrected chi connectivity index (χ4v) is 4.50. The number of nitrogen functional groups attached to an aromatic ring is 1. The van der Waals surface area contributed by atoms with Gasteiger partial charge >= 0.3 is 0 Å². The molecule has 1 aliphatic heterocycles. The zero-order chi connectivity index (χ0) is 24.1. The van der Waals surface area contributed by atoms with Crippen LogP contribution in [0, 0.1) is 19.3 Å². The number of hydrogen-bond donors (Lipinski definition) is 3. The first kappa shape index (κ1) is 23.5. The van der Waals surface area contributed by atoms with Gasteiger partial charge in [-0.25, -0.2) is 0 Å². The first-order valence-corrected chi connectivity index (χ1v) is 12.0. The molecule has 0 unspecified atom stereocenters. The molecule has 4 rings (SSSR count). The lowest BCUT2D eigenvalue weighted by Gasteiger charge is -2.15. The van der Waals surface area contributed by atoms with E-state index in [1.165, 1.54) is 22.5 Å². The zero-order valence-electron chi connectivity index (χ0n) is 20.4. The van der Waals surface area contributed by atoms with Crippen LogP contribution in [0.2, 0.25) is 0 Å². The minimum Gasteiger partial charge on any atom is -0.384 e. The Bertz CT molecular complexity index is 1240.